The highest BCUT2D eigenvalue weighted by Gasteiger charge is 2.11. The monoisotopic (exact) mass is 318 g/mol. The lowest BCUT2D eigenvalue weighted by molar-refractivity contribution is 0.584. The number of benzene rings is 1. The Bertz CT molecular complexity index is 523. The van der Waals surface area contributed by atoms with Gasteiger partial charge in [-0.2, -0.15) is 0 Å². The van der Waals surface area contributed by atoms with Gasteiger partial charge in [0.25, 0.3) is 0 Å². The lowest BCUT2D eigenvalue weighted by Gasteiger charge is -2.16. The summed E-state index contributed by atoms with van der Waals surface area (Å²) in [4.78, 5) is 4.53. The first-order valence-electron chi connectivity index (χ1n) is 6.59. The second kappa shape index (κ2) is 6.83. The predicted octanol–water partition coefficient (Wildman–Crippen LogP) is 3.91. The molecule has 100 valence electrons. The van der Waals surface area contributed by atoms with Gasteiger partial charge in [-0.3, -0.25) is 4.98 Å². The highest BCUT2D eigenvalue weighted by Crippen LogP contribution is 2.21. The van der Waals surface area contributed by atoms with Crippen molar-refractivity contribution in [3.63, 3.8) is 0 Å². The molecule has 1 heterocycles. The molecule has 0 bridgehead atoms. The van der Waals surface area contributed by atoms with Crippen LogP contribution in [0.4, 0.5) is 0 Å². The lowest BCUT2D eigenvalue weighted by Crippen LogP contribution is -2.19. The molecule has 1 aromatic heterocycles. The number of halogens is 1. The summed E-state index contributed by atoms with van der Waals surface area (Å²) in [5.74, 6) is 0. The number of nitrogens with one attached hydrogen (secondary N) is 1. The van der Waals surface area contributed by atoms with Crippen LogP contribution in [-0.2, 0) is 12.8 Å². The van der Waals surface area contributed by atoms with Crippen molar-refractivity contribution in [3.8, 4) is 0 Å². The Morgan fingerprint density at radius 1 is 1.26 bits per heavy atom. The molecule has 0 spiro atoms. The van der Waals surface area contributed by atoms with E-state index in [0.29, 0.717) is 0 Å². The molecule has 0 amide bonds. The molecule has 0 saturated heterocycles. The van der Waals surface area contributed by atoms with E-state index in [1.54, 1.807) is 0 Å². The van der Waals surface area contributed by atoms with Gasteiger partial charge < -0.3 is 5.32 Å². The molecule has 1 N–H and O–H groups in total. The number of aromatic nitrogens is 1. The number of likely N-dealkylation sites (N-methyl/N-ethyl adjacent to an activating group) is 1. The van der Waals surface area contributed by atoms with Crippen LogP contribution in [0.1, 0.15) is 29.8 Å². The summed E-state index contributed by atoms with van der Waals surface area (Å²) in [6, 6.07) is 13.0. The highest BCUT2D eigenvalue weighted by molar-refractivity contribution is 9.10. The van der Waals surface area contributed by atoms with Crippen LogP contribution < -0.4 is 5.32 Å². The minimum absolute atomic E-state index is 0.289. The predicted molar refractivity (Wildman–Crippen MR) is 83.3 cm³/mol. The van der Waals surface area contributed by atoms with Crippen LogP contribution in [0.3, 0.4) is 0 Å². The number of rotatable bonds is 5. The van der Waals surface area contributed by atoms with Crippen molar-refractivity contribution in [1.82, 2.24) is 10.3 Å². The summed E-state index contributed by atoms with van der Waals surface area (Å²) in [6.45, 7) is 2.15. The number of pyridine rings is 1. The van der Waals surface area contributed by atoms with Crippen molar-refractivity contribution < 1.29 is 0 Å². The second-order valence-electron chi connectivity index (χ2n) is 4.61. The van der Waals surface area contributed by atoms with Crippen molar-refractivity contribution in [1.29, 1.82) is 0 Å². The molecule has 0 fully saturated rings. The third-order valence-corrected chi connectivity index (χ3v) is 3.80. The Morgan fingerprint density at radius 2 is 2.11 bits per heavy atom. The Balaban J connectivity index is 2.14. The molecular weight excluding hydrogens is 300 g/mol. The lowest BCUT2D eigenvalue weighted by atomic mass is 10.0. The fraction of sp³-hybridized carbons (Fsp3) is 0.312. The quantitative estimate of drug-likeness (QED) is 0.904. The second-order valence-corrected chi connectivity index (χ2v) is 5.53. The van der Waals surface area contributed by atoms with Crippen molar-refractivity contribution >= 4 is 15.9 Å². The normalized spacial score (nSPS) is 12.4. The van der Waals surface area contributed by atoms with Gasteiger partial charge in [0.2, 0.25) is 0 Å². The van der Waals surface area contributed by atoms with Crippen LogP contribution in [0.5, 0.6) is 0 Å². The molecule has 0 radical (unpaired) electrons. The Labute approximate surface area is 123 Å². The van der Waals surface area contributed by atoms with Gasteiger partial charge >= 0.3 is 0 Å². The van der Waals surface area contributed by atoms with E-state index < -0.39 is 0 Å². The Kier molecular flexibility index (Phi) is 5.11. The largest absolute Gasteiger partial charge is 0.313 e. The molecule has 19 heavy (non-hydrogen) atoms. The van der Waals surface area contributed by atoms with Gasteiger partial charge in [-0.05, 0) is 42.8 Å². The molecule has 2 rings (SSSR count). The van der Waals surface area contributed by atoms with E-state index >= 15 is 0 Å². The van der Waals surface area contributed by atoms with E-state index in [1.807, 2.05) is 19.3 Å². The maximum absolute atomic E-state index is 4.53. The number of aryl methyl sites for hydroxylation is 1. The number of hydrogen-bond donors (Lipinski definition) is 1. The number of nitrogens with zero attached hydrogens (tertiary/aromatic N) is 1. The molecule has 0 aliphatic carbocycles. The first kappa shape index (κ1) is 14.2. The molecule has 1 atom stereocenters. The van der Waals surface area contributed by atoms with E-state index in [2.05, 4.69) is 63.5 Å². The van der Waals surface area contributed by atoms with Crippen molar-refractivity contribution in [2.75, 3.05) is 7.05 Å². The zero-order valence-electron chi connectivity index (χ0n) is 11.4. The van der Waals surface area contributed by atoms with E-state index in [4.69, 9.17) is 0 Å². The zero-order valence-corrected chi connectivity index (χ0v) is 12.9. The van der Waals surface area contributed by atoms with E-state index in [1.165, 1.54) is 11.1 Å². The smallest absolute Gasteiger partial charge is 0.0422 e. The molecule has 0 saturated carbocycles. The van der Waals surface area contributed by atoms with Crippen molar-refractivity contribution in [2.45, 2.75) is 25.8 Å². The molecular formula is C16H19BrN2. The van der Waals surface area contributed by atoms with Gasteiger partial charge in [0.1, 0.15) is 0 Å². The van der Waals surface area contributed by atoms with Crippen molar-refractivity contribution in [3.05, 3.63) is 63.9 Å². The summed E-state index contributed by atoms with van der Waals surface area (Å²) in [5.41, 5.74) is 3.68. The van der Waals surface area contributed by atoms with Crippen LogP contribution in [0.2, 0.25) is 0 Å². The molecule has 1 unspecified atom stereocenters. The van der Waals surface area contributed by atoms with Crippen LogP contribution in [0.15, 0.2) is 47.1 Å². The van der Waals surface area contributed by atoms with Crippen LogP contribution in [0.25, 0.3) is 0 Å². The molecule has 0 aliphatic rings. The van der Waals surface area contributed by atoms with Gasteiger partial charge in [-0.15, -0.1) is 0 Å². The minimum atomic E-state index is 0.289. The third kappa shape index (κ3) is 3.88. The molecule has 1 aromatic carbocycles. The molecule has 2 aromatic rings. The minimum Gasteiger partial charge on any atom is -0.313 e. The summed E-state index contributed by atoms with van der Waals surface area (Å²) >= 11 is 3.52. The maximum atomic E-state index is 4.53. The van der Waals surface area contributed by atoms with Crippen LogP contribution in [-0.4, -0.2) is 12.0 Å². The third-order valence-electron chi connectivity index (χ3n) is 3.31. The summed E-state index contributed by atoms with van der Waals surface area (Å²) < 4.78 is 1.11. The average Bonchev–Trinajstić information content (AvgIpc) is 2.45. The summed E-state index contributed by atoms with van der Waals surface area (Å²) in [6.07, 6.45) is 3.91. The number of hydrogen-bond acceptors (Lipinski definition) is 2. The van der Waals surface area contributed by atoms with Crippen LogP contribution in [0, 0.1) is 0 Å². The van der Waals surface area contributed by atoms with E-state index in [0.717, 1.165) is 23.0 Å². The van der Waals surface area contributed by atoms with Gasteiger partial charge in [0.05, 0.1) is 0 Å². The molecule has 2 nitrogen and oxygen atoms in total. The van der Waals surface area contributed by atoms with Gasteiger partial charge in [0.15, 0.2) is 0 Å². The zero-order chi connectivity index (χ0) is 13.7. The average molecular weight is 319 g/mol. The van der Waals surface area contributed by atoms with Gasteiger partial charge in [-0.25, -0.2) is 0 Å². The first-order chi connectivity index (χ1) is 9.22. The van der Waals surface area contributed by atoms with Gasteiger partial charge in [-0.1, -0.05) is 41.1 Å². The standard InChI is InChI=1S/C16H19BrN2/c1-3-12-7-8-15(19-11-12)10-16(18-2)13-5-4-6-14(17)9-13/h4-9,11,16,18H,3,10H2,1-2H3. The van der Waals surface area contributed by atoms with Crippen molar-refractivity contribution in [2.24, 2.45) is 0 Å². The van der Waals surface area contributed by atoms with E-state index in [-0.39, 0.29) is 6.04 Å². The van der Waals surface area contributed by atoms with Crippen LogP contribution >= 0.6 is 15.9 Å². The fourth-order valence-electron chi connectivity index (χ4n) is 2.10. The topological polar surface area (TPSA) is 24.9 Å². The Morgan fingerprint density at radius 3 is 2.68 bits per heavy atom. The Hall–Kier alpha value is -1.19. The SMILES string of the molecule is CCc1ccc(CC(NC)c2cccc(Br)c2)nc1. The fourth-order valence-corrected chi connectivity index (χ4v) is 2.52. The highest BCUT2D eigenvalue weighted by atomic mass is 79.9. The van der Waals surface area contributed by atoms with E-state index in [9.17, 15) is 0 Å². The summed E-state index contributed by atoms with van der Waals surface area (Å²) in [5, 5.41) is 3.36. The van der Waals surface area contributed by atoms with Gasteiger partial charge in [0, 0.05) is 28.8 Å². The first-order valence-corrected chi connectivity index (χ1v) is 7.38. The molecule has 3 heteroatoms. The maximum Gasteiger partial charge on any atom is 0.0422 e. The summed E-state index contributed by atoms with van der Waals surface area (Å²) in [7, 11) is 1.99. The molecule has 0 aliphatic heterocycles.